The maximum Gasteiger partial charge on any atom is 0.0623 e. The number of rotatable bonds is 8. The Labute approximate surface area is 94.7 Å². The van der Waals surface area contributed by atoms with Crippen LogP contribution in [0.2, 0.25) is 0 Å². The van der Waals surface area contributed by atoms with Gasteiger partial charge in [-0.3, -0.25) is 11.3 Å². The van der Waals surface area contributed by atoms with Gasteiger partial charge in [-0.1, -0.05) is 13.8 Å². The summed E-state index contributed by atoms with van der Waals surface area (Å²) in [5.74, 6) is 6.29. The third-order valence-electron chi connectivity index (χ3n) is 2.98. The van der Waals surface area contributed by atoms with E-state index in [1.165, 1.54) is 6.42 Å². The minimum Gasteiger partial charge on any atom is -0.379 e. The molecule has 0 aromatic heterocycles. The molecule has 0 aromatic carbocycles. The summed E-state index contributed by atoms with van der Waals surface area (Å²) in [6, 6.07) is 0.418. The minimum atomic E-state index is -0.0348. The first-order valence-corrected chi connectivity index (χ1v) is 5.92. The van der Waals surface area contributed by atoms with E-state index in [0.717, 1.165) is 25.2 Å². The summed E-state index contributed by atoms with van der Waals surface area (Å²) in [6.45, 7) is 8.71. The largest absolute Gasteiger partial charge is 0.379 e. The van der Waals surface area contributed by atoms with Gasteiger partial charge in [0.05, 0.1) is 5.60 Å². The van der Waals surface area contributed by atoms with Gasteiger partial charge in [0.25, 0.3) is 0 Å². The molecule has 3 nitrogen and oxygen atoms in total. The number of hydrogen-bond acceptors (Lipinski definition) is 3. The molecule has 0 aliphatic heterocycles. The van der Waals surface area contributed by atoms with Crippen molar-refractivity contribution in [1.29, 1.82) is 0 Å². The molecule has 0 aliphatic carbocycles. The number of nitrogens with two attached hydrogens (primary N) is 1. The molecule has 0 saturated heterocycles. The average molecular weight is 216 g/mol. The van der Waals surface area contributed by atoms with E-state index in [1.807, 2.05) is 0 Å². The summed E-state index contributed by atoms with van der Waals surface area (Å²) < 4.78 is 5.39. The molecule has 3 N–H and O–H groups in total. The van der Waals surface area contributed by atoms with Crippen LogP contribution in [0.1, 0.15) is 53.4 Å². The average Bonchev–Trinajstić information content (AvgIpc) is 2.18. The van der Waals surface area contributed by atoms with E-state index < -0.39 is 0 Å². The number of methoxy groups -OCH3 is 1. The van der Waals surface area contributed by atoms with Crippen molar-refractivity contribution in [3.63, 3.8) is 0 Å². The number of ether oxygens (including phenoxy) is 1. The molecule has 92 valence electrons. The Hall–Kier alpha value is -0.120. The number of hydrogen-bond donors (Lipinski definition) is 2. The highest BCUT2D eigenvalue weighted by Crippen LogP contribution is 2.19. The lowest BCUT2D eigenvalue weighted by Crippen LogP contribution is -2.37. The first kappa shape index (κ1) is 14.9. The molecule has 0 spiro atoms. The fraction of sp³-hybridized carbons (Fsp3) is 1.00. The van der Waals surface area contributed by atoms with Crippen molar-refractivity contribution in [1.82, 2.24) is 5.43 Å². The molecular formula is C12H28N2O. The van der Waals surface area contributed by atoms with E-state index in [2.05, 4.69) is 33.1 Å². The van der Waals surface area contributed by atoms with Crippen LogP contribution in [-0.2, 0) is 4.74 Å². The molecule has 1 atom stereocenters. The summed E-state index contributed by atoms with van der Waals surface area (Å²) in [5, 5.41) is 0. The van der Waals surface area contributed by atoms with E-state index in [0.29, 0.717) is 6.04 Å². The van der Waals surface area contributed by atoms with Crippen LogP contribution in [0.4, 0.5) is 0 Å². The van der Waals surface area contributed by atoms with Gasteiger partial charge < -0.3 is 4.74 Å². The minimum absolute atomic E-state index is 0.0348. The maximum absolute atomic E-state index is 5.54. The first-order chi connectivity index (χ1) is 6.91. The second kappa shape index (κ2) is 7.20. The quantitative estimate of drug-likeness (QED) is 0.484. The maximum atomic E-state index is 5.54. The lowest BCUT2D eigenvalue weighted by Gasteiger charge is -2.26. The third-order valence-corrected chi connectivity index (χ3v) is 2.98. The van der Waals surface area contributed by atoms with Gasteiger partial charge in [0.1, 0.15) is 0 Å². The predicted octanol–water partition coefficient (Wildman–Crippen LogP) is 2.46. The van der Waals surface area contributed by atoms with Crippen LogP contribution < -0.4 is 11.3 Å². The fourth-order valence-corrected chi connectivity index (χ4v) is 1.47. The van der Waals surface area contributed by atoms with Gasteiger partial charge >= 0.3 is 0 Å². The topological polar surface area (TPSA) is 47.3 Å². The van der Waals surface area contributed by atoms with Crippen molar-refractivity contribution in [2.45, 2.75) is 65.0 Å². The Bertz CT molecular complexity index is 158. The molecule has 3 heteroatoms. The van der Waals surface area contributed by atoms with E-state index in [1.54, 1.807) is 7.11 Å². The van der Waals surface area contributed by atoms with Gasteiger partial charge in [0.15, 0.2) is 0 Å². The molecule has 0 radical (unpaired) electrons. The molecule has 0 heterocycles. The summed E-state index contributed by atoms with van der Waals surface area (Å²) >= 11 is 0. The summed E-state index contributed by atoms with van der Waals surface area (Å²) in [4.78, 5) is 0. The van der Waals surface area contributed by atoms with Crippen LogP contribution in [0.3, 0.4) is 0 Å². The molecule has 15 heavy (non-hydrogen) atoms. The van der Waals surface area contributed by atoms with Gasteiger partial charge in [-0.15, -0.1) is 0 Å². The molecule has 0 bridgehead atoms. The standard InChI is InChI=1S/C12H28N2O/c1-10(2)6-7-11(14-13)8-9-12(3,4)15-5/h10-11,14H,6-9,13H2,1-5H3. The van der Waals surface area contributed by atoms with Crippen molar-refractivity contribution >= 4 is 0 Å². The Morgan fingerprint density at radius 1 is 1.20 bits per heavy atom. The van der Waals surface area contributed by atoms with Crippen LogP contribution in [0.5, 0.6) is 0 Å². The normalized spacial score (nSPS) is 14.6. The molecule has 0 amide bonds. The van der Waals surface area contributed by atoms with Crippen molar-refractivity contribution in [3.8, 4) is 0 Å². The van der Waals surface area contributed by atoms with Gasteiger partial charge in [-0.05, 0) is 45.4 Å². The summed E-state index contributed by atoms with van der Waals surface area (Å²) in [6.07, 6.45) is 4.48. The zero-order valence-corrected chi connectivity index (χ0v) is 11.0. The van der Waals surface area contributed by atoms with Crippen molar-refractivity contribution in [2.24, 2.45) is 11.8 Å². The summed E-state index contributed by atoms with van der Waals surface area (Å²) in [7, 11) is 1.76. The van der Waals surface area contributed by atoms with E-state index in [4.69, 9.17) is 10.6 Å². The smallest absolute Gasteiger partial charge is 0.0623 e. The lowest BCUT2D eigenvalue weighted by atomic mass is 9.95. The van der Waals surface area contributed by atoms with E-state index >= 15 is 0 Å². The molecule has 0 fully saturated rings. The second-order valence-corrected chi connectivity index (χ2v) is 5.34. The van der Waals surface area contributed by atoms with Gasteiger partial charge in [-0.2, -0.15) is 0 Å². The number of hydrazine groups is 1. The van der Waals surface area contributed by atoms with Crippen LogP contribution in [0, 0.1) is 5.92 Å². The molecule has 0 saturated carbocycles. The van der Waals surface area contributed by atoms with Gasteiger partial charge in [0, 0.05) is 13.2 Å². The molecule has 1 unspecified atom stereocenters. The van der Waals surface area contributed by atoms with E-state index in [9.17, 15) is 0 Å². The highest BCUT2D eigenvalue weighted by molar-refractivity contribution is 4.73. The highest BCUT2D eigenvalue weighted by Gasteiger charge is 2.18. The molecule has 0 aromatic rings. The van der Waals surface area contributed by atoms with Crippen molar-refractivity contribution in [3.05, 3.63) is 0 Å². The summed E-state index contributed by atoms with van der Waals surface area (Å²) in [5.41, 5.74) is 2.86. The van der Waals surface area contributed by atoms with Crippen LogP contribution in [0.15, 0.2) is 0 Å². The van der Waals surface area contributed by atoms with E-state index in [-0.39, 0.29) is 5.60 Å². The zero-order chi connectivity index (χ0) is 11.9. The Balaban J connectivity index is 3.79. The van der Waals surface area contributed by atoms with Crippen LogP contribution in [0.25, 0.3) is 0 Å². The molecule has 0 rings (SSSR count). The van der Waals surface area contributed by atoms with Crippen LogP contribution >= 0.6 is 0 Å². The van der Waals surface area contributed by atoms with Gasteiger partial charge in [-0.25, -0.2) is 0 Å². The second-order valence-electron chi connectivity index (χ2n) is 5.34. The molecule has 0 aliphatic rings. The fourth-order valence-electron chi connectivity index (χ4n) is 1.47. The monoisotopic (exact) mass is 216 g/mol. The molecular weight excluding hydrogens is 188 g/mol. The van der Waals surface area contributed by atoms with Crippen LogP contribution in [-0.4, -0.2) is 18.8 Å². The van der Waals surface area contributed by atoms with Crippen molar-refractivity contribution < 1.29 is 4.74 Å². The van der Waals surface area contributed by atoms with Gasteiger partial charge in [0.2, 0.25) is 0 Å². The first-order valence-electron chi connectivity index (χ1n) is 5.92. The number of nitrogens with one attached hydrogen (secondary N) is 1. The van der Waals surface area contributed by atoms with Crippen molar-refractivity contribution in [2.75, 3.05) is 7.11 Å². The SMILES string of the molecule is COC(C)(C)CCC(CCC(C)C)NN. The zero-order valence-electron chi connectivity index (χ0n) is 11.0. The third kappa shape index (κ3) is 7.77. The predicted molar refractivity (Wildman–Crippen MR) is 65.5 cm³/mol. The Kier molecular flexibility index (Phi) is 7.14. The highest BCUT2D eigenvalue weighted by atomic mass is 16.5. The lowest BCUT2D eigenvalue weighted by molar-refractivity contribution is 0.0114. The Morgan fingerprint density at radius 2 is 1.80 bits per heavy atom. The Morgan fingerprint density at radius 3 is 2.20 bits per heavy atom.